The zero-order chi connectivity index (χ0) is 13.9. The maximum absolute atomic E-state index is 13.1. The molecule has 1 aliphatic rings. The van der Waals surface area contributed by atoms with E-state index in [1.54, 1.807) is 12.1 Å². The Bertz CT molecular complexity index is 678. The molecule has 0 saturated heterocycles. The van der Waals surface area contributed by atoms with Crippen LogP contribution in [0.2, 0.25) is 0 Å². The van der Waals surface area contributed by atoms with Crippen molar-refractivity contribution in [2.45, 2.75) is 6.42 Å². The van der Waals surface area contributed by atoms with Crippen molar-refractivity contribution in [1.82, 2.24) is 10.6 Å². The van der Waals surface area contributed by atoms with Gasteiger partial charge in [0, 0.05) is 17.8 Å². The van der Waals surface area contributed by atoms with Crippen LogP contribution >= 0.6 is 11.3 Å². The summed E-state index contributed by atoms with van der Waals surface area (Å²) < 4.78 is 14.1. The fourth-order valence-corrected chi connectivity index (χ4v) is 3.20. The van der Waals surface area contributed by atoms with E-state index in [-0.39, 0.29) is 11.7 Å². The molecule has 2 N–H and O–H groups in total. The third-order valence-electron chi connectivity index (χ3n) is 3.34. The van der Waals surface area contributed by atoms with E-state index in [4.69, 9.17) is 0 Å². The molecule has 1 aromatic carbocycles. The minimum Gasteiger partial charge on any atom is -0.348 e. The first-order valence-corrected chi connectivity index (χ1v) is 7.40. The summed E-state index contributed by atoms with van der Waals surface area (Å²) in [5, 5.41) is 6.94. The molecule has 1 amide bonds. The molecule has 104 valence electrons. The number of thiophene rings is 1. The maximum Gasteiger partial charge on any atom is 0.261 e. The first-order valence-electron chi connectivity index (χ1n) is 6.58. The number of rotatable bonds is 3. The van der Waals surface area contributed by atoms with Gasteiger partial charge in [0.05, 0.1) is 4.88 Å². The number of nitrogens with one attached hydrogen (secondary N) is 2. The molecule has 3 nitrogen and oxygen atoms in total. The molecular weight excluding hydrogens is 275 g/mol. The summed E-state index contributed by atoms with van der Waals surface area (Å²) in [6.45, 7) is 2.42. The van der Waals surface area contributed by atoms with E-state index in [1.807, 2.05) is 0 Å². The zero-order valence-corrected chi connectivity index (χ0v) is 11.7. The van der Waals surface area contributed by atoms with Crippen LogP contribution in [0.5, 0.6) is 0 Å². The Morgan fingerprint density at radius 1 is 1.40 bits per heavy atom. The molecule has 0 radical (unpaired) electrons. The Labute approximate surface area is 120 Å². The largest absolute Gasteiger partial charge is 0.348 e. The quantitative estimate of drug-likeness (QED) is 0.853. The number of halogens is 1. The molecule has 1 aromatic heterocycles. The van der Waals surface area contributed by atoms with Gasteiger partial charge in [0.25, 0.3) is 5.91 Å². The molecule has 0 saturated carbocycles. The van der Waals surface area contributed by atoms with Crippen LogP contribution in [0.25, 0.3) is 10.1 Å². The Kier molecular flexibility index (Phi) is 3.80. The van der Waals surface area contributed by atoms with Crippen LogP contribution in [0, 0.1) is 5.82 Å². The third-order valence-corrected chi connectivity index (χ3v) is 4.45. The standard InChI is InChI=1S/C15H15FN2OS/c16-12-1-2-13-11(7-12)8-14(20-13)15(19)18-9-10-3-5-17-6-4-10/h1-3,7-8,17H,4-6,9H2,(H,18,19). The Hall–Kier alpha value is -1.72. The van der Waals surface area contributed by atoms with E-state index in [0.717, 1.165) is 29.6 Å². The molecule has 2 heterocycles. The summed E-state index contributed by atoms with van der Waals surface area (Å²) in [5.74, 6) is -0.367. The van der Waals surface area contributed by atoms with Crippen molar-refractivity contribution >= 4 is 27.3 Å². The predicted octanol–water partition coefficient (Wildman–Crippen LogP) is 2.69. The van der Waals surface area contributed by atoms with Gasteiger partial charge in [-0.15, -0.1) is 11.3 Å². The van der Waals surface area contributed by atoms with E-state index < -0.39 is 0 Å². The van der Waals surface area contributed by atoms with Gasteiger partial charge in [-0.2, -0.15) is 0 Å². The van der Waals surface area contributed by atoms with Crippen molar-refractivity contribution in [2.24, 2.45) is 0 Å². The topological polar surface area (TPSA) is 41.1 Å². The fraction of sp³-hybridized carbons (Fsp3) is 0.267. The molecule has 0 bridgehead atoms. The van der Waals surface area contributed by atoms with Crippen molar-refractivity contribution in [3.05, 3.63) is 46.6 Å². The van der Waals surface area contributed by atoms with Crippen LogP contribution in [0.3, 0.4) is 0 Å². The summed E-state index contributed by atoms with van der Waals surface area (Å²) in [6.07, 6.45) is 3.09. The molecule has 3 rings (SSSR count). The maximum atomic E-state index is 13.1. The minimum atomic E-state index is -0.276. The Morgan fingerprint density at radius 2 is 2.30 bits per heavy atom. The lowest BCUT2D eigenvalue weighted by Gasteiger charge is -2.14. The summed E-state index contributed by atoms with van der Waals surface area (Å²) in [6, 6.07) is 6.33. The number of fused-ring (bicyclic) bond motifs is 1. The molecule has 20 heavy (non-hydrogen) atoms. The highest BCUT2D eigenvalue weighted by Gasteiger charge is 2.11. The fourth-order valence-electron chi connectivity index (χ4n) is 2.24. The molecule has 0 spiro atoms. The van der Waals surface area contributed by atoms with E-state index in [2.05, 4.69) is 16.7 Å². The normalized spacial score (nSPS) is 15.2. The van der Waals surface area contributed by atoms with Gasteiger partial charge in [0.15, 0.2) is 0 Å². The number of hydrogen-bond donors (Lipinski definition) is 2. The van der Waals surface area contributed by atoms with Crippen LogP contribution in [-0.4, -0.2) is 25.5 Å². The van der Waals surface area contributed by atoms with E-state index in [0.29, 0.717) is 11.4 Å². The second-order valence-corrected chi connectivity index (χ2v) is 5.88. The van der Waals surface area contributed by atoms with Crippen molar-refractivity contribution in [3.63, 3.8) is 0 Å². The Balaban J connectivity index is 1.70. The number of benzene rings is 1. The van der Waals surface area contributed by atoms with Gasteiger partial charge in [0.2, 0.25) is 0 Å². The van der Waals surface area contributed by atoms with Crippen LogP contribution in [0.4, 0.5) is 4.39 Å². The van der Waals surface area contributed by atoms with E-state index in [1.165, 1.54) is 29.0 Å². The summed E-state index contributed by atoms with van der Waals surface area (Å²) >= 11 is 1.39. The van der Waals surface area contributed by atoms with Gasteiger partial charge in [-0.1, -0.05) is 11.6 Å². The van der Waals surface area contributed by atoms with Gasteiger partial charge >= 0.3 is 0 Å². The first kappa shape index (κ1) is 13.3. The van der Waals surface area contributed by atoms with Crippen LogP contribution in [0.1, 0.15) is 16.1 Å². The summed E-state index contributed by atoms with van der Waals surface area (Å²) in [4.78, 5) is 12.7. The van der Waals surface area contributed by atoms with E-state index >= 15 is 0 Å². The van der Waals surface area contributed by atoms with Gasteiger partial charge < -0.3 is 10.6 Å². The van der Waals surface area contributed by atoms with Crippen molar-refractivity contribution < 1.29 is 9.18 Å². The first-order chi connectivity index (χ1) is 9.72. The Morgan fingerprint density at radius 3 is 3.10 bits per heavy atom. The molecule has 0 fully saturated rings. The minimum absolute atomic E-state index is 0.0916. The second kappa shape index (κ2) is 5.73. The van der Waals surface area contributed by atoms with Crippen molar-refractivity contribution in [1.29, 1.82) is 0 Å². The lowest BCUT2D eigenvalue weighted by atomic mass is 10.1. The second-order valence-electron chi connectivity index (χ2n) is 4.79. The molecule has 1 aliphatic heterocycles. The monoisotopic (exact) mass is 290 g/mol. The smallest absolute Gasteiger partial charge is 0.261 e. The predicted molar refractivity (Wildman–Crippen MR) is 79.7 cm³/mol. The highest BCUT2D eigenvalue weighted by Crippen LogP contribution is 2.26. The van der Waals surface area contributed by atoms with Gasteiger partial charge in [-0.05, 0) is 42.6 Å². The number of carbonyl (C=O) groups excluding carboxylic acids is 1. The van der Waals surface area contributed by atoms with Gasteiger partial charge in [-0.3, -0.25) is 4.79 Å². The average Bonchev–Trinajstić information content (AvgIpc) is 2.89. The molecule has 0 atom stereocenters. The third kappa shape index (κ3) is 2.89. The average molecular weight is 290 g/mol. The number of hydrogen-bond acceptors (Lipinski definition) is 3. The van der Waals surface area contributed by atoms with Crippen LogP contribution in [0.15, 0.2) is 35.9 Å². The summed E-state index contributed by atoms with van der Waals surface area (Å²) in [5.41, 5.74) is 1.25. The van der Waals surface area contributed by atoms with Crippen LogP contribution in [-0.2, 0) is 0 Å². The van der Waals surface area contributed by atoms with Crippen molar-refractivity contribution in [2.75, 3.05) is 19.6 Å². The molecular formula is C15H15FN2OS. The molecule has 0 aliphatic carbocycles. The highest BCUT2D eigenvalue weighted by atomic mass is 32.1. The molecule has 5 heteroatoms. The SMILES string of the molecule is O=C(NCC1=CCNCC1)c1cc2cc(F)ccc2s1. The van der Waals surface area contributed by atoms with E-state index in [9.17, 15) is 9.18 Å². The van der Waals surface area contributed by atoms with Gasteiger partial charge in [0.1, 0.15) is 5.82 Å². The van der Waals surface area contributed by atoms with Crippen LogP contribution < -0.4 is 10.6 Å². The highest BCUT2D eigenvalue weighted by molar-refractivity contribution is 7.20. The van der Waals surface area contributed by atoms with Crippen molar-refractivity contribution in [3.8, 4) is 0 Å². The lowest BCUT2D eigenvalue weighted by Crippen LogP contribution is -2.29. The zero-order valence-electron chi connectivity index (χ0n) is 10.9. The summed E-state index contributed by atoms with van der Waals surface area (Å²) in [7, 11) is 0. The van der Waals surface area contributed by atoms with Gasteiger partial charge in [-0.25, -0.2) is 4.39 Å². The number of carbonyl (C=O) groups is 1. The number of amides is 1. The molecule has 0 unspecified atom stereocenters. The lowest BCUT2D eigenvalue weighted by molar-refractivity contribution is 0.0960. The molecule has 2 aromatic rings.